The number of carbonyl (C=O) groups excluding carboxylic acids is 3. The van der Waals surface area contributed by atoms with Crippen LogP contribution in [0.15, 0.2) is 0 Å². The second kappa shape index (κ2) is 10.8. The van der Waals surface area contributed by atoms with Gasteiger partial charge < -0.3 is 15.2 Å². The quantitative estimate of drug-likeness (QED) is 0.266. The van der Waals surface area contributed by atoms with E-state index in [1.165, 1.54) is 5.48 Å². The van der Waals surface area contributed by atoms with Crippen LogP contribution >= 0.6 is 0 Å². The first-order valence-corrected chi connectivity index (χ1v) is 10.5. The largest absolute Gasteiger partial charge is 0.461 e. The number of esters is 1. The van der Waals surface area contributed by atoms with Crippen molar-refractivity contribution in [3.05, 3.63) is 0 Å². The van der Waals surface area contributed by atoms with Gasteiger partial charge in [0, 0.05) is 0 Å². The van der Waals surface area contributed by atoms with Gasteiger partial charge in [-0.05, 0) is 56.8 Å². The molecule has 0 aromatic heterocycles. The first-order chi connectivity index (χ1) is 13.3. The number of hydrogen-bond donors (Lipinski definition) is 4. The van der Waals surface area contributed by atoms with Crippen LogP contribution in [-0.4, -0.2) is 46.3 Å². The maximum absolute atomic E-state index is 12.9. The van der Waals surface area contributed by atoms with E-state index in [2.05, 4.69) is 5.32 Å². The molecule has 3 atom stereocenters. The fourth-order valence-corrected chi connectivity index (χ4v) is 4.30. The van der Waals surface area contributed by atoms with E-state index in [0.717, 1.165) is 51.4 Å². The van der Waals surface area contributed by atoms with E-state index >= 15 is 0 Å². The van der Waals surface area contributed by atoms with Crippen molar-refractivity contribution in [1.82, 2.24) is 10.8 Å². The number of ether oxygens (including phenoxy) is 1. The zero-order valence-electron chi connectivity index (χ0n) is 16.9. The van der Waals surface area contributed by atoms with Crippen LogP contribution in [0.25, 0.3) is 0 Å². The van der Waals surface area contributed by atoms with Gasteiger partial charge in [0.05, 0.1) is 5.92 Å². The molecule has 160 valence electrons. The Morgan fingerprint density at radius 3 is 2.11 bits per heavy atom. The second-order valence-electron chi connectivity index (χ2n) is 8.53. The molecule has 0 aromatic rings. The molecule has 28 heavy (non-hydrogen) atoms. The summed E-state index contributed by atoms with van der Waals surface area (Å²) in [4.78, 5) is 37.4. The first kappa shape index (κ1) is 22.6. The molecule has 2 rings (SSSR count). The monoisotopic (exact) mass is 398 g/mol. The van der Waals surface area contributed by atoms with Crippen molar-refractivity contribution in [2.24, 2.45) is 17.8 Å². The lowest BCUT2D eigenvalue weighted by molar-refractivity contribution is -0.156. The third-order valence-corrected chi connectivity index (χ3v) is 5.83. The fourth-order valence-electron chi connectivity index (χ4n) is 4.30. The Bertz CT molecular complexity index is 541. The van der Waals surface area contributed by atoms with E-state index < -0.39 is 35.8 Å². The summed E-state index contributed by atoms with van der Waals surface area (Å²) in [6.07, 6.45) is 5.90. The lowest BCUT2D eigenvalue weighted by Gasteiger charge is -2.28. The van der Waals surface area contributed by atoms with Crippen LogP contribution in [0, 0.1) is 17.8 Å². The molecule has 0 radical (unpaired) electrons. The maximum atomic E-state index is 12.9. The second-order valence-corrected chi connectivity index (χ2v) is 8.53. The topological polar surface area (TPSA) is 125 Å². The normalized spacial score (nSPS) is 21.3. The summed E-state index contributed by atoms with van der Waals surface area (Å²) in [6.45, 7) is 3.74. The Kier molecular flexibility index (Phi) is 8.69. The summed E-state index contributed by atoms with van der Waals surface area (Å²) in [5.74, 6) is -3.04. The highest BCUT2D eigenvalue weighted by Crippen LogP contribution is 2.30. The predicted molar refractivity (Wildman–Crippen MR) is 101 cm³/mol. The third-order valence-electron chi connectivity index (χ3n) is 5.83. The van der Waals surface area contributed by atoms with Gasteiger partial charge in [-0.25, -0.2) is 10.3 Å². The molecule has 2 aliphatic carbocycles. The van der Waals surface area contributed by atoms with Crippen LogP contribution in [0.1, 0.15) is 71.6 Å². The minimum absolute atomic E-state index is 0.00126. The number of hydrogen-bond acceptors (Lipinski definition) is 6. The minimum atomic E-state index is -1.69. The molecule has 0 aromatic carbocycles. The zero-order chi connectivity index (χ0) is 20.7. The lowest BCUT2D eigenvalue weighted by atomic mass is 9.89. The van der Waals surface area contributed by atoms with Crippen molar-refractivity contribution in [3.8, 4) is 0 Å². The van der Waals surface area contributed by atoms with E-state index in [1.54, 1.807) is 0 Å². The Labute approximate surface area is 166 Å². The molecule has 0 heterocycles. The van der Waals surface area contributed by atoms with Crippen LogP contribution in [0.3, 0.4) is 0 Å². The van der Waals surface area contributed by atoms with Crippen LogP contribution in [-0.2, 0) is 19.1 Å². The van der Waals surface area contributed by atoms with Gasteiger partial charge in [-0.2, -0.15) is 0 Å². The standard InChI is InChI=1S/C20H34N2O6/c1-12(2)11-15(17(23)19(25)22-27)18(24)21-16(13-7-3-4-8-13)20(26)28-14-9-5-6-10-14/h12-17,23,27H,3-11H2,1-2H3,(H,21,24)(H,22,25)/t15-,16+,17+/m1/s1. The van der Waals surface area contributed by atoms with E-state index in [1.807, 2.05) is 13.8 Å². The molecule has 0 bridgehead atoms. The van der Waals surface area contributed by atoms with E-state index in [9.17, 15) is 19.5 Å². The molecular weight excluding hydrogens is 364 g/mol. The molecule has 2 aliphatic rings. The predicted octanol–water partition coefficient (Wildman–Crippen LogP) is 1.68. The number of rotatable bonds is 9. The van der Waals surface area contributed by atoms with Gasteiger partial charge in [0.1, 0.15) is 18.2 Å². The highest BCUT2D eigenvalue weighted by Gasteiger charge is 2.39. The molecule has 0 saturated heterocycles. The number of amides is 2. The number of hydroxylamine groups is 1. The van der Waals surface area contributed by atoms with Gasteiger partial charge in [0.15, 0.2) is 0 Å². The van der Waals surface area contributed by atoms with Crippen molar-refractivity contribution in [1.29, 1.82) is 0 Å². The molecule has 4 N–H and O–H groups in total. The van der Waals surface area contributed by atoms with Crippen molar-refractivity contribution >= 4 is 17.8 Å². The van der Waals surface area contributed by atoms with Gasteiger partial charge in [0.2, 0.25) is 5.91 Å². The Morgan fingerprint density at radius 1 is 1.00 bits per heavy atom. The molecular formula is C20H34N2O6. The van der Waals surface area contributed by atoms with Gasteiger partial charge >= 0.3 is 5.97 Å². The molecule has 8 heteroatoms. The zero-order valence-corrected chi connectivity index (χ0v) is 16.9. The average molecular weight is 399 g/mol. The fraction of sp³-hybridized carbons (Fsp3) is 0.850. The van der Waals surface area contributed by atoms with E-state index in [0.29, 0.717) is 0 Å². The van der Waals surface area contributed by atoms with Crippen molar-refractivity contribution in [2.45, 2.75) is 89.9 Å². The highest BCUT2D eigenvalue weighted by atomic mass is 16.5. The summed E-state index contributed by atoms with van der Waals surface area (Å²) in [6, 6.07) is -0.769. The van der Waals surface area contributed by atoms with Gasteiger partial charge in [-0.3, -0.25) is 14.8 Å². The Balaban J connectivity index is 2.11. The summed E-state index contributed by atoms with van der Waals surface area (Å²) in [7, 11) is 0. The Hall–Kier alpha value is -1.67. The molecule has 2 fully saturated rings. The van der Waals surface area contributed by atoms with E-state index in [-0.39, 0.29) is 24.4 Å². The van der Waals surface area contributed by atoms with Crippen molar-refractivity contribution in [3.63, 3.8) is 0 Å². The molecule has 2 amide bonds. The van der Waals surface area contributed by atoms with Crippen LogP contribution < -0.4 is 10.8 Å². The summed E-state index contributed by atoms with van der Waals surface area (Å²) in [5, 5.41) is 21.8. The molecule has 8 nitrogen and oxygen atoms in total. The molecule has 2 saturated carbocycles. The Morgan fingerprint density at radius 2 is 1.57 bits per heavy atom. The summed E-state index contributed by atoms with van der Waals surface area (Å²) < 4.78 is 5.64. The smallest absolute Gasteiger partial charge is 0.329 e. The van der Waals surface area contributed by atoms with Crippen LogP contribution in [0.2, 0.25) is 0 Å². The molecule has 0 aliphatic heterocycles. The molecule has 0 unspecified atom stereocenters. The highest BCUT2D eigenvalue weighted by molar-refractivity contribution is 5.91. The van der Waals surface area contributed by atoms with Crippen molar-refractivity contribution < 1.29 is 29.4 Å². The number of aliphatic hydroxyl groups excluding tert-OH is 1. The van der Waals surface area contributed by atoms with Crippen molar-refractivity contribution in [2.75, 3.05) is 0 Å². The molecule has 0 spiro atoms. The number of carbonyl (C=O) groups is 3. The summed E-state index contributed by atoms with van der Waals surface area (Å²) in [5.41, 5.74) is 1.39. The number of nitrogens with one attached hydrogen (secondary N) is 2. The lowest BCUT2D eigenvalue weighted by Crippen LogP contribution is -2.52. The van der Waals surface area contributed by atoms with Gasteiger partial charge in [0.25, 0.3) is 5.91 Å². The SMILES string of the molecule is CC(C)C[C@@H](C(=O)N[C@H](C(=O)OC1CCCC1)C1CCCC1)[C@H](O)C(=O)NO. The van der Waals surface area contributed by atoms with Gasteiger partial charge in [-0.1, -0.05) is 26.7 Å². The van der Waals surface area contributed by atoms with Crippen LogP contribution in [0.5, 0.6) is 0 Å². The van der Waals surface area contributed by atoms with Gasteiger partial charge in [-0.15, -0.1) is 0 Å². The summed E-state index contributed by atoms with van der Waals surface area (Å²) >= 11 is 0. The van der Waals surface area contributed by atoms with E-state index in [4.69, 9.17) is 9.94 Å². The van der Waals surface area contributed by atoms with Crippen LogP contribution in [0.4, 0.5) is 0 Å². The first-order valence-electron chi connectivity index (χ1n) is 10.5. The third kappa shape index (κ3) is 6.17. The minimum Gasteiger partial charge on any atom is -0.461 e. The number of aliphatic hydroxyl groups is 1. The maximum Gasteiger partial charge on any atom is 0.329 e. The average Bonchev–Trinajstić information content (AvgIpc) is 3.36.